The van der Waals surface area contributed by atoms with E-state index in [1.807, 2.05) is 30.3 Å². The Labute approximate surface area is 249 Å². The average Bonchev–Trinajstić information content (AvgIpc) is 2.96. The van der Waals surface area contributed by atoms with Crippen LogP contribution >= 0.6 is 11.6 Å². The van der Waals surface area contributed by atoms with E-state index in [0.29, 0.717) is 22.5 Å². The van der Waals surface area contributed by atoms with E-state index in [9.17, 15) is 13.2 Å². The predicted molar refractivity (Wildman–Crippen MR) is 161 cm³/mol. The Hall–Kier alpha value is -3.64. The SMILES string of the molecule is Cc1c(Cl)cc(C(=O)NCc2cc3nc(-c4cccc(N5C[C@@H](C)O[C@@H](C)C5)n4)ccc3cn2)cc1S(=O)(=O)CCO. The van der Waals surface area contributed by atoms with Crippen molar-refractivity contribution in [2.45, 2.75) is 44.4 Å². The number of ether oxygens (including phenoxy) is 1. The number of aromatic nitrogens is 3. The molecule has 4 aromatic rings. The smallest absolute Gasteiger partial charge is 0.251 e. The maximum absolute atomic E-state index is 12.9. The molecule has 2 atom stereocenters. The number of amides is 1. The van der Waals surface area contributed by atoms with Crippen molar-refractivity contribution in [2.24, 2.45) is 0 Å². The van der Waals surface area contributed by atoms with Gasteiger partial charge in [0.2, 0.25) is 0 Å². The van der Waals surface area contributed by atoms with Crippen molar-refractivity contribution in [1.29, 1.82) is 0 Å². The van der Waals surface area contributed by atoms with Crippen molar-refractivity contribution in [3.8, 4) is 11.4 Å². The first-order valence-electron chi connectivity index (χ1n) is 13.6. The summed E-state index contributed by atoms with van der Waals surface area (Å²) in [7, 11) is -3.80. The highest BCUT2D eigenvalue weighted by Gasteiger charge is 2.24. The number of sulfone groups is 1. The van der Waals surface area contributed by atoms with Gasteiger partial charge < -0.3 is 20.1 Å². The number of carbonyl (C=O) groups is 1. The molecule has 3 aromatic heterocycles. The number of pyridine rings is 3. The van der Waals surface area contributed by atoms with Crippen molar-refractivity contribution in [2.75, 3.05) is 30.3 Å². The van der Waals surface area contributed by atoms with Crippen LogP contribution in [0.25, 0.3) is 22.3 Å². The molecule has 1 aliphatic heterocycles. The van der Waals surface area contributed by atoms with Crippen LogP contribution < -0.4 is 10.2 Å². The normalized spacial score (nSPS) is 17.4. The van der Waals surface area contributed by atoms with E-state index in [4.69, 9.17) is 31.4 Å². The standard InChI is InChI=1S/C30H32ClN5O5S/c1-18-16-36(17-19(2)41-18)29-6-4-5-25(35-29)26-8-7-21-14-32-23(13-27(21)34-26)15-33-30(38)22-11-24(31)20(3)28(12-22)42(39,40)10-9-37/h4-8,11-14,18-19,37H,9-10,15-17H2,1-3H3,(H,33,38)/t18-,19+. The number of benzene rings is 1. The second kappa shape index (κ2) is 12.3. The van der Waals surface area contributed by atoms with E-state index >= 15 is 0 Å². The lowest BCUT2D eigenvalue weighted by Gasteiger charge is -2.36. The lowest BCUT2D eigenvalue weighted by molar-refractivity contribution is -0.00545. The Kier molecular flexibility index (Phi) is 8.74. The molecular weight excluding hydrogens is 578 g/mol. The number of anilines is 1. The third-order valence-electron chi connectivity index (χ3n) is 7.05. The number of fused-ring (bicyclic) bond motifs is 1. The molecular formula is C30H32ClN5O5S. The predicted octanol–water partition coefficient (Wildman–Crippen LogP) is 3.96. The third-order valence-corrected chi connectivity index (χ3v) is 9.26. The number of carbonyl (C=O) groups excluding carboxylic acids is 1. The minimum atomic E-state index is -3.80. The van der Waals surface area contributed by atoms with Gasteiger partial charge in [0.1, 0.15) is 5.82 Å². The van der Waals surface area contributed by atoms with Gasteiger partial charge in [-0.1, -0.05) is 17.7 Å². The van der Waals surface area contributed by atoms with Crippen LogP contribution in [0.5, 0.6) is 0 Å². The summed E-state index contributed by atoms with van der Waals surface area (Å²) in [5.74, 6) is -0.0942. The molecule has 220 valence electrons. The Balaban J connectivity index is 1.34. The summed E-state index contributed by atoms with van der Waals surface area (Å²) in [6, 6.07) is 14.2. The molecule has 10 nitrogen and oxygen atoms in total. The van der Waals surface area contributed by atoms with Crippen LogP contribution in [0.3, 0.4) is 0 Å². The van der Waals surface area contributed by atoms with Crippen LogP contribution in [0.1, 0.15) is 35.5 Å². The maximum Gasteiger partial charge on any atom is 0.251 e. The zero-order chi connectivity index (χ0) is 30.0. The van der Waals surface area contributed by atoms with Gasteiger partial charge in [0.25, 0.3) is 5.91 Å². The molecule has 0 radical (unpaired) electrons. The molecule has 12 heteroatoms. The van der Waals surface area contributed by atoms with Gasteiger partial charge >= 0.3 is 0 Å². The molecule has 4 heterocycles. The fourth-order valence-corrected chi connectivity index (χ4v) is 6.63. The highest BCUT2D eigenvalue weighted by Crippen LogP contribution is 2.27. The molecule has 1 aliphatic rings. The molecule has 5 rings (SSSR count). The van der Waals surface area contributed by atoms with Gasteiger partial charge in [-0.3, -0.25) is 9.78 Å². The number of nitrogens with zero attached hydrogens (tertiary/aromatic N) is 4. The van der Waals surface area contributed by atoms with Crippen LogP contribution in [0.15, 0.2) is 59.6 Å². The van der Waals surface area contributed by atoms with Crippen molar-refractivity contribution in [3.05, 3.63) is 76.6 Å². The van der Waals surface area contributed by atoms with Crippen molar-refractivity contribution in [3.63, 3.8) is 0 Å². The van der Waals surface area contributed by atoms with E-state index < -0.39 is 28.1 Å². The quantitative estimate of drug-likeness (QED) is 0.304. The van der Waals surface area contributed by atoms with Crippen LogP contribution in [-0.4, -0.2) is 72.0 Å². The highest BCUT2D eigenvalue weighted by atomic mass is 35.5. The Morgan fingerprint density at radius 2 is 1.83 bits per heavy atom. The minimum Gasteiger partial charge on any atom is -0.395 e. The Morgan fingerprint density at radius 1 is 1.10 bits per heavy atom. The van der Waals surface area contributed by atoms with E-state index in [2.05, 4.69) is 29.0 Å². The number of nitrogens with one attached hydrogen (secondary N) is 1. The fraction of sp³-hybridized carbons (Fsp3) is 0.333. The lowest BCUT2D eigenvalue weighted by Crippen LogP contribution is -2.45. The first-order chi connectivity index (χ1) is 20.0. The fourth-order valence-electron chi connectivity index (χ4n) is 5.02. The number of rotatable bonds is 8. The number of hydrogen-bond acceptors (Lipinski definition) is 9. The van der Waals surface area contributed by atoms with E-state index in [0.717, 1.165) is 30.0 Å². The molecule has 0 aliphatic carbocycles. The molecule has 0 spiro atoms. The molecule has 1 aromatic carbocycles. The first-order valence-corrected chi connectivity index (χ1v) is 15.6. The number of morpholine rings is 1. The van der Waals surface area contributed by atoms with Gasteiger partial charge in [-0.05, 0) is 68.8 Å². The molecule has 1 saturated heterocycles. The average molecular weight is 610 g/mol. The molecule has 1 fully saturated rings. The largest absolute Gasteiger partial charge is 0.395 e. The summed E-state index contributed by atoms with van der Waals surface area (Å²) in [5.41, 5.74) is 3.15. The Morgan fingerprint density at radius 3 is 2.57 bits per heavy atom. The maximum atomic E-state index is 12.9. The second-order valence-electron chi connectivity index (χ2n) is 10.4. The van der Waals surface area contributed by atoms with Crippen LogP contribution in [-0.2, 0) is 21.1 Å². The Bertz CT molecular complexity index is 1740. The van der Waals surface area contributed by atoms with Gasteiger partial charge in [0, 0.05) is 35.3 Å². The molecule has 1 amide bonds. The lowest BCUT2D eigenvalue weighted by atomic mass is 10.1. The number of aliphatic hydroxyl groups is 1. The summed E-state index contributed by atoms with van der Waals surface area (Å²) in [6.45, 7) is 6.76. The van der Waals surface area contributed by atoms with Crippen LogP contribution in [0, 0.1) is 6.92 Å². The summed E-state index contributed by atoms with van der Waals surface area (Å²) in [4.78, 5) is 29.2. The van der Waals surface area contributed by atoms with Crippen LogP contribution in [0.4, 0.5) is 5.82 Å². The van der Waals surface area contributed by atoms with Gasteiger partial charge in [0.05, 0.1) is 58.6 Å². The first kappa shape index (κ1) is 29.8. The van der Waals surface area contributed by atoms with Crippen LogP contribution in [0.2, 0.25) is 5.02 Å². The zero-order valence-corrected chi connectivity index (χ0v) is 25.1. The monoisotopic (exact) mass is 609 g/mol. The minimum absolute atomic E-state index is 0.0786. The summed E-state index contributed by atoms with van der Waals surface area (Å²) < 4.78 is 31.0. The van der Waals surface area contributed by atoms with Gasteiger partial charge in [0.15, 0.2) is 9.84 Å². The zero-order valence-electron chi connectivity index (χ0n) is 23.5. The summed E-state index contributed by atoms with van der Waals surface area (Å²) in [5, 5.41) is 12.9. The molecule has 0 bridgehead atoms. The van der Waals surface area contributed by atoms with Gasteiger partial charge in [-0.25, -0.2) is 18.4 Å². The van der Waals surface area contributed by atoms with Crippen molar-refractivity contribution >= 4 is 44.1 Å². The molecule has 42 heavy (non-hydrogen) atoms. The number of hydrogen-bond donors (Lipinski definition) is 2. The topological polar surface area (TPSA) is 135 Å². The summed E-state index contributed by atoms with van der Waals surface area (Å²) in [6.07, 6.45) is 1.93. The molecule has 2 N–H and O–H groups in total. The number of aliphatic hydroxyl groups excluding tert-OH is 1. The molecule has 0 unspecified atom stereocenters. The van der Waals surface area contributed by atoms with Gasteiger partial charge in [-0.2, -0.15) is 0 Å². The number of halogens is 1. The second-order valence-corrected chi connectivity index (χ2v) is 12.9. The van der Waals surface area contributed by atoms with E-state index in [1.165, 1.54) is 12.1 Å². The van der Waals surface area contributed by atoms with Gasteiger partial charge in [-0.15, -0.1) is 0 Å². The van der Waals surface area contributed by atoms with Crippen molar-refractivity contribution < 1.29 is 23.1 Å². The highest BCUT2D eigenvalue weighted by molar-refractivity contribution is 7.91. The third kappa shape index (κ3) is 6.54. The van der Waals surface area contributed by atoms with E-state index in [1.54, 1.807) is 19.2 Å². The molecule has 0 saturated carbocycles. The summed E-state index contributed by atoms with van der Waals surface area (Å²) >= 11 is 6.24. The van der Waals surface area contributed by atoms with E-state index in [-0.39, 0.29) is 34.2 Å². The van der Waals surface area contributed by atoms with Crippen molar-refractivity contribution in [1.82, 2.24) is 20.3 Å².